The molecular weight excluding hydrogens is 198 g/mol. The van der Waals surface area contributed by atoms with Gasteiger partial charge in [-0.1, -0.05) is 33.2 Å². The van der Waals surface area contributed by atoms with Crippen LogP contribution in [-0.4, -0.2) is 6.26 Å². The highest BCUT2D eigenvalue weighted by atomic mass is 35.5. The molecule has 0 fully saturated rings. The lowest BCUT2D eigenvalue weighted by Crippen LogP contribution is -1.86. The van der Waals surface area contributed by atoms with Gasteiger partial charge in [-0.3, -0.25) is 0 Å². The first kappa shape index (κ1) is 9.10. The Kier molecular flexibility index (Phi) is 3.43. The third-order valence-corrected chi connectivity index (χ3v) is 3.14. The standard InChI is InChI=1S/C7H8ClNS2/c1-10-11-7-3-2-5(8)4-6(7)9/h2-4H,9H2,1H3. The van der Waals surface area contributed by atoms with E-state index < -0.39 is 0 Å². The van der Waals surface area contributed by atoms with Crippen LogP contribution in [-0.2, 0) is 0 Å². The quantitative estimate of drug-likeness (QED) is 0.593. The molecule has 2 N–H and O–H groups in total. The molecule has 60 valence electrons. The van der Waals surface area contributed by atoms with Crippen molar-refractivity contribution in [2.75, 3.05) is 12.0 Å². The Morgan fingerprint density at radius 1 is 1.45 bits per heavy atom. The van der Waals surface area contributed by atoms with E-state index >= 15 is 0 Å². The summed E-state index contributed by atoms with van der Waals surface area (Å²) in [5.74, 6) is 0. The third-order valence-electron chi connectivity index (χ3n) is 1.14. The fourth-order valence-electron chi connectivity index (χ4n) is 0.685. The van der Waals surface area contributed by atoms with Gasteiger partial charge in [0.05, 0.1) is 0 Å². The number of benzene rings is 1. The molecular formula is C7H8ClNS2. The van der Waals surface area contributed by atoms with Crippen molar-refractivity contribution in [2.24, 2.45) is 0 Å². The highest BCUT2D eigenvalue weighted by molar-refractivity contribution is 8.76. The van der Waals surface area contributed by atoms with E-state index in [0.29, 0.717) is 5.02 Å². The van der Waals surface area contributed by atoms with Crippen molar-refractivity contribution in [1.29, 1.82) is 0 Å². The van der Waals surface area contributed by atoms with Crippen LogP contribution in [0.15, 0.2) is 23.1 Å². The van der Waals surface area contributed by atoms with Gasteiger partial charge >= 0.3 is 0 Å². The van der Waals surface area contributed by atoms with Gasteiger partial charge < -0.3 is 5.73 Å². The highest BCUT2D eigenvalue weighted by Gasteiger charge is 1.98. The molecule has 0 aliphatic heterocycles. The first-order valence-electron chi connectivity index (χ1n) is 2.99. The predicted octanol–water partition coefficient (Wildman–Crippen LogP) is 3.29. The molecule has 0 aromatic heterocycles. The van der Waals surface area contributed by atoms with E-state index in [1.54, 1.807) is 27.7 Å². The maximum atomic E-state index is 5.72. The number of hydrogen-bond donors (Lipinski definition) is 1. The van der Waals surface area contributed by atoms with Gasteiger partial charge in [0.1, 0.15) is 0 Å². The van der Waals surface area contributed by atoms with Crippen LogP contribution in [0.3, 0.4) is 0 Å². The van der Waals surface area contributed by atoms with Gasteiger partial charge in [-0.2, -0.15) is 0 Å². The SMILES string of the molecule is CSSc1ccc(Cl)cc1N. The second-order valence-corrected chi connectivity index (χ2v) is 4.81. The summed E-state index contributed by atoms with van der Waals surface area (Å²) >= 11 is 5.72. The Balaban J connectivity index is 2.90. The van der Waals surface area contributed by atoms with Crippen molar-refractivity contribution >= 4 is 38.9 Å². The average molecular weight is 206 g/mol. The summed E-state index contributed by atoms with van der Waals surface area (Å²) in [6.07, 6.45) is 2.01. The molecule has 0 amide bonds. The lowest BCUT2D eigenvalue weighted by atomic mass is 10.3. The van der Waals surface area contributed by atoms with E-state index in [1.807, 2.05) is 18.4 Å². The summed E-state index contributed by atoms with van der Waals surface area (Å²) in [6.45, 7) is 0. The zero-order valence-corrected chi connectivity index (χ0v) is 8.39. The number of nitrogen functional groups attached to an aromatic ring is 1. The van der Waals surface area contributed by atoms with Crippen LogP contribution in [0.5, 0.6) is 0 Å². The average Bonchev–Trinajstić information content (AvgIpc) is 1.95. The van der Waals surface area contributed by atoms with E-state index in [-0.39, 0.29) is 0 Å². The molecule has 0 aliphatic rings. The molecule has 11 heavy (non-hydrogen) atoms. The van der Waals surface area contributed by atoms with E-state index in [1.165, 1.54) is 0 Å². The number of hydrogen-bond acceptors (Lipinski definition) is 3. The molecule has 1 aromatic rings. The molecule has 1 rings (SSSR count). The van der Waals surface area contributed by atoms with Gasteiger partial charge in [-0.15, -0.1) is 0 Å². The van der Waals surface area contributed by atoms with Gasteiger partial charge in [0, 0.05) is 15.6 Å². The van der Waals surface area contributed by atoms with E-state index in [2.05, 4.69) is 0 Å². The zero-order valence-electron chi connectivity index (χ0n) is 6.00. The van der Waals surface area contributed by atoms with Gasteiger partial charge in [-0.05, 0) is 24.5 Å². The molecule has 0 bridgehead atoms. The molecule has 0 atom stereocenters. The molecule has 0 saturated heterocycles. The summed E-state index contributed by atoms with van der Waals surface area (Å²) < 4.78 is 0. The second-order valence-electron chi connectivity index (χ2n) is 1.93. The number of anilines is 1. The molecule has 0 saturated carbocycles. The van der Waals surface area contributed by atoms with E-state index in [0.717, 1.165) is 10.6 Å². The van der Waals surface area contributed by atoms with Crippen LogP contribution in [0.4, 0.5) is 5.69 Å². The van der Waals surface area contributed by atoms with Gasteiger partial charge in [0.15, 0.2) is 0 Å². The van der Waals surface area contributed by atoms with Gasteiger partial charge in [-0.25, -0.2) is 0 Å². The van der Waals surface area contributed by atoms with Crippen molar-refractivity contribution in [3.8, 4) is 0 Å². The van der Waals surface area contributed by atoms with Crippen molar-refractivity contribution in [3.63, 3.8) is 0 Å². The molecule has 1 nitrogen and oxygen atoms in total. The number of halogens is 1. The summed E-state index contributed by atoms with van der Waals surface area (Å²) in [7, 11) is 3.31. The largest absolute Gasteiger partial charge is 0.398 e. The molecule has 0 unspecified atom stereocenters. The first-order chi connectivity index (χ1) is 5.24. The van der Waals surface area contributed by atoms with Crippen LogP contribution in [0.1, 0.15) is 0 Å². The van der Waals surface area contributed by atoms with E-state index in [4.69, 9.17) is 17.3 Å². The summed E-state index contributed by atoms with van der Waals surface area (Å²) in [5, 5.41) is 0.688. The minimum absolute atomic E-state index is 0.688. The topological polar surface area (TPSA) is 26.0 Å². The van der Waals surface area contributed by atoms with Crippen LogP contribution in [0, 0.1) is 0 Å². The summed E-state index contributed by atoms with van der Waals surface area (Å²) in [6, 6.07) is 5.54. The molecule has 1 aromatic carbocycles. The Bertz CT molecular complexity index is 252. The monoisotopic (exact) mass is 205 g/mol. The smallest absolute Gasteiger partial charge is 0.0475 e. The minimum atomic E-state index is 0.688. The number of nitrogens with two attached hydrogens (primary N) is 1. The molecule has 0 radical (unpaired) electrons. The summed E-state index contributed by atoms with van der Waals surface area (Å²) in [4.78, 5) is 1.07. The van der Waals surface area contributed by atoms with Crippen LogP contribution >= 0.6 is 33.2 Å². The Labute approximate surface area is 79.1 Å². The molecule has 4 heteroatoms. The molecule has 0 aliphatic carbocycles. The Hall–Kier alpha value is 0.01000. The summed E-state index contributed by atoms with van der Waals surface area (Å²) in [5.41, 5.74) is 6.44. The van der Waals surface area contributed by atoms with Crippen LogP contribution in [0.25, 0.3) is 0 Å². The normalized spacial score (nSPS) is 10.0. The van der Waals surface area contributed by atoms with Crippen LogP contribution < -0.4 is 5.73 Å². The minimum Gasteiger partial charge on any atom is -0.398 e. The van der Waals surface area contributed by atoms with Crippen LogP contribution in [0.2, 0.25) is 5.02 Å². The fourth-order valence-corrected chi connectivity index (χ4v) is 2.32. The van der Waals surface area contributed by atoms with Gasteiger partial charge in [0.2, 0.25) is 0 Å². The van der Waals surface area contributed by atoms with Crippen molar-refractivity contribution < 1.29 is 0 Å². The first-order valence-corrected chi connectivity index (χ1v) is 5.93. The highest BCUT2D eigenvalue weighted by Crippen LogP contribution is 2.34. The van der Waals surface area contributed by atoms with Crippen molar-refractivity contribution in [1.82, 2.24) is 0 Å². The predicted molar refractivity (Wildman–Crippen MR) is 55.2 cm³/mol. The van der Waals surface area contributed by atoms with Crippen molar-refractivity contribution in [2.45, 2.75) is 4.90 Å². The lowest BCUT2D eigenvalue weighted by molar-refractivity contribution is 1.47. The third kappa shape index (κ3) is 2.51. The molecule has 0 heterocycles. The maximum Gasteiger partial charge on any atom is 0.0475 e. The van der Waals surface area contributed by atoms with E-state index in [9.17, 15) is 0 Å². The fraction of sp³-hybridized carbons (Fsp3) is 0.143. The van der Waals surface area contributed by atoms with Crippen molar-refractivity contribution in [3.05, 3.63) is 23.2 Å². The Morgan fingerprint density at radius 2 is 2.18 bits per heavy atom. The lowest BCUT2D eigenvalue weighted by Gasteiger charge is -2.01. The number of rotatable bonds is 2. The maximum absolute atomic E-state index is 5.72. The molecule has 0 spiro atoms. The second kappa shape index (κ2) is 4.14. The Morgan fingerprint density at radius 3 is 2.73 bits per heavy atom. The van der Waals surface area contributed by atoms with Gasteiger partial charge in [0.25, 0.3) is 0 Å². The zero-order chi connectivity index (χ0) is 8.27.